The number of rotatable bonds is 10. The van der Waals surface area contributed by atoms with Crippen LogP contribution >= 0.6 is 24.0 Å². The SMILES string of the molecule is CN=C(NCCCc1nc(C(C)C)no1)NCc1ccccc1OCC1CC1.I. The molecule has 0 atom stereocenters. The second-order valence-electron chi connectivity index (χ2n) is 7.52. The number of nitrogens with zero attached hydrogens (tertiary/aromatic N) is 3. The van der Waals surface area contributed by atoms with E-state index in [0.29, 0.717) is 12.4 Å². The quantitative estimate of drug-likeness (QED) is 0.217. The fourth-order valence-electron chi connectivity index (χ4n) is 2.73. The molecular weight excluding hydrogens is 481 g/mol. The number of aryl methyl sites for hydroxylation is 1. The monoisotopic (exact) mass is 513 g/mol. The molecule has 0 aliphatic heterocycles. The molecule has 3 rings (SSSR count). The van der Waals surface area contributed by atoms with Gasteiger partial charge in [-0.1, -0.05) is 37.2 Å². The van der Waals surface area contributed by atoms with Gasteiger partial charge in [-0.3, -0.25) is 4.99 Å². The molecule has 1 aliphatic rings. The molecule has 2 N–H and O–H groups in total. The summed E-state index contributed by atoms with van der Waals surface area (Å²) in [7, 11) is 1.78. The summed E-state index contributed by atoms with van der Waals surface area (Å²) in [6, 6.07) is 8.17. The number of aromatic nitrogens is 2. The van der Waals surface area contributed by atoms with Gasteiger partial charge >= 0.3 is 0 Å². The first-order valence-electron chi connectivity index (χ1n) is 10.1. The summed E-state index contributed by atoms with van der Waals surface area (Å²) in [6.45, 7) is 6.38. The Morgan fingerprint density at radius 1 is 1.28 bits per heavy atom. The molecule has 8 heteroatoms. The van der Waals surface area contributed by atoms with Gasteiger partial charge in [-0.05, 0) is 31.2 Å². The summed E-state index contributed by atoms with van der Waals surface area (Å²) < 4.78 is 11.2. The number of ether oxygens (including phenoxy) is 1. The minimum Gasteiger partial charge on any atom is -0.493 e. The van der Waals surface area contributed by atoms with Crippen LogP contribution in [0.1, 0.15) is 56.3 Å². The van der Waals surface area contributed by atoms with Crippen molar-refractivity contribution in [3.8, 4) is 5.75 Å². The Morgan fingerprint density at radius 3 is 2.76 bits per heavy atom. The Balaban J connectivity index is 0.00000300. The van der Waals surface area contributed by atoms with Crippen molar-refractivity contribution in [3.63, 3.8) is 0 Å². The van der Waals surface area contributed by atoms with E-state index in [2.05, 4.69) is 45.7 Å². The molecule has 7 nitrogen and oxygen atoms in total. The van der Waals surface area contributed by atoms with Crippen LogP contribution in [0.5, 0.6) is 5.75 Å². The van der Waals surface area contributed by atoms with E-state index in [-0.39, 0.29) is 29.9 Å². The Morgan fingerprint density at radius 2 is 2.07 bits per heavy atom. The maximum atomic E-state index is 5.97. The third-order valence-corrected chi connectivity index (χ3v) is 4.67. The topological polar surface area (TPSA) is 84.6 Å². The predicted molar refractivity (Wildman–Crippen MR) is 125 cm³/mol. The lowest BCUT2D eigenvalue weighted by atomic mass is 10.2. The van der Waals surface area contributed by atoms with Crippen molar-refractivity contribution in [3.05, 3.63) is 41.5 Å². The number of para-hydroxylation sites is 1. The second-order valence-corrected chi connectivity index (χ2v) is 7.52. The van der Waals surface area contributed by atoms with Crippen LogP contribution in [-0.2, 0) is 13.0 Å². The van der Waals surface area contributed by atoms with Crippen molar-refractivity contribution < 1.29 is 9.26 Å². The van der Waals surface area contributed by atoms with Crippen LogP contribution in [0.2, 0.25) is 0 Å². The zero-order valence-corrected chi connectivity index (χ0v) is 19.8. The van der Waals surface area contributed by atoms with Crippen molar-refractivity contribution in [2.45, 2.75) is 52.0 Å². The van der Waals surface area contributed by atoms with Crippen LogP contribution in [0.25, 0.3) is 0 Å². The van der Waals surface area contributed by atoms with Crippen molar-refractivity contribution in [1.29, 1.82) is 0 Å². The van der Waals surface area contributed by atoms with Crippen LogP contribution in [0.3, 0.4) is 0 Å². The second kappa shape index (κ2) is 12.0. The molecule has 1 aromatic heterocycles. The van der Waals surface area contributed by atoms with Gasteiger partial charge < -0.3 is 19.9 Å². The van der Waals surface area contributed by atoms with Crippen molar-refractivity contribution >= 4 is 29.9 Å². The molecule has 29 heavy (non-hydrogen) atoms. The standard InChI is InChI=1S/C21H31N5O2.HI/c1-15(2)20-25-19(28-26-20)9-6-12-23-21(22-3)24-13-17-7-4-5-8-18(17)27-14-16-10-11-16;/h4-5,7-8,15-16H,6,9-14H2,1-3H3,(H2,22,23,24);1H. The Bertz CT molecular complexity index is 774. The molecule has 160 valence electrons. The summed E-state index contributed by atoms with van der Waals surface area (Å²) in [5.74, 6) is 4.21. The molecule has 0 spiro atoms. The zero-order chi connectivity index (χ0) is 19.8. The lowest BCUT2D eigenvalue weighted by Crippen LogP contribution is -2.37. The first-order chi connectivity index (χ1) is 13.7. The van der Waals surface area contributed by atoms with Gasteiger partial charge in [-0.15, -0.1) is 24.0 Å². The first kappa shape index (κ1) is 23.4. The van der Waals surface area contributed by atoms with E-state index in [9.17, 15) is 0 Å². The molecule has 0 radical (unpaired) electrons. The van der Waals surface area contributed by atoms with Crippen molar-refractivity contribution in [1.82, 2.24) is 20.8 Å². The fraction of sp³-hybridized carbons (Fsp3) is 0.571. The highest BCUT2D eigenvalue weighted by Crippen LogP contribution is 2.30. The summed E-state index contributed by atoms with van der Waals surface area (Å²) in [5, 5.41) is 10.7. The number of hydrogen-bond donors (Lipinski definition) is 2. The molecule has 1 heterocycles. The summed E-state index contributed by atoms with van der Waals surface area (Å²) in [6.07, 6.45) is 4.22. The fourth-order valence-corrected chi connectivity index (χ4v) is 2.73. The molecule has 1 aromatic carbocycles. The van der Waals surface area contributed by atoms with Crippen molar-refractivity contribution in [2.75, 3.05) is 20.2 Å². The van der Waals surface area contributed by atoms with Gasteiger partial charge in [0, 0.05) is 38.0 Å². The van der Waals surface area contributed by atoms with E-state index in [1.54, 1.807) is 7.05 Å². The molecule has 1 fully saturated rings. The molecule has 0 saturated heterocycles. The maximum absolute atomic E-state index is 5.97. The van der Waals surface area contributed by atoms with Gasteiger partial charge in [-0.25, -0.2) is 0 Å². The maximum Gasteiger partial charge on any atom is 0.226 e. The van der Waals surface area contributed by atoms with E-state index in [1.165, 1.54) is 12.8 Å². The number of halogens is 1. The van der Waals surface area contributed by atoms with Gasteiger partial charge in [-0.2, -0.15) is 4.98 Å². The van der Waals surface area contributed by atoms with Gasteiger partial charge in [0.1, 0.15) is 5.75 Å². The van der Waals surface area contributed by atoms with E-state index in [4.69, 9.17) is 9.26 Å². The Labute approximate surface area is 190 Å². The van der Waals surface area contributed by atoms with Crippen LogP contribution in [-0.4, -0.2) is 36.3 Å². The summed E-state index contributed by atoms with van der Waals surface area (Å²) in [5.41, 5.74) is 1.14. The van der Waals surface area contributed by atoms with Crippen LogP contribution < -0.4 is 15.4 Å². The lowest BCUT2D eigenvalue weighted by Gasteiger charge is -2.14. The molecule has 0 bridgehead atoms. The molecule has 0 unspecified atom stereocenters. The molecule has 2 aromatic rings. The largest absolute Gasteiger partial charge is 0.493 e. The van der Waals surface area contributed by atoms with E-state index < -0.39 is 0 Å². The van der Waals surface area contributed by atoms with E-state index >= 15 is 0 Å². The predicted octanol–water partition coefficient (Wildman–Crippen LogP) is 3.90. The van der Waals surface area contributed by atoms with Gasteiger partial charge in [0.2, 0.25) is 5.89 Å². The number of nitrogens with one attached hydrogen (secondary N) is 2. The third kappa shape index (κ3) is 7.83. The summed E-state index contributed by atoms with van der Waals surface area (Å²) >= 11 is 0. The van der Waals surface area contributed by atoms with E-state index in [1.807, 2.05) is 18.2 Å². The average molecular weight is 513 g/mol. The third-order valence-electron chi connectivity index (χ3n) is 4.67. The molecule has 0 amide bonds. The normalized spacial score (nSPS) is 13.9. The van der Waals surface area contributed by atoms with E-state index in [0.717, 1.165) is 55.0 Å². The summed E-state index contributed by atoms with van der Waals surface area (Å²) in [4.78, 5) is 8.69. The highest BCUT2D eigenvalue weighted by atomic mass is 127. The van der Waals surface area contributed by atoms with Gasteiger partial charge in [0.25, 0.3) is 0 Å². The molecule has 1 saturated carbocycles. The number of aliphatic imine (C=N–C) groups is 1. The Hall–Kier alpha value is -1.84. The molecule has 1 aliphatic carbocycles. The smallest absolute Gasteiger partial charge is 0.226 e. The Kier molecular flexibility index (Phi) is 9.69. The lowest BCUT2D eigenvalue weighted by molar-refractivity contribution is 0.296. The minimum absolute atomic E-state index is 0. The molecular formula is C21H32IN5O2. The number of hydrogen-bond acceptors (Lipinski definition) is 5. The van der Waals surface area contributed by atoms with Gasteiger partial charge in [0.05, 0.1) is 6.61 Å². The highest BCUT2D eigenvalue weighted by molar-refractivity contribution is 14.0. The first-order valence-corrected chi connectivity index (χ1v) is 10.1. The number of benzene rings is 1. The zero-order valence-electron chi connectivity index (χ0n) is 17.5. The highest BCUT2D eigenvalue weighted by Gasteiger charge is 2.22. The number of guanidine groups is 1. The van der Waals surface area contributed by atoms with Crippen molar-refractivity contribution in [2.24, 2.45) is 10.9 Å². The van der Waals surface area contributed by atoms with Crippen LogP contribution in [0.15, 0.2) is 33.8 Å². The van der Waals surface area contributed by atoms with Crippen LogP contribution in [0.4, 0.5) is 0 Å². The van der Waals surface area contributed by atoms with Gasteiger partial charge in [0.15, 0.2) is 11.8 Å². The average Bonchev–Trinajstić information content (AvgIpc) is 3.41. The van der Waals surface area contributed by atoms with Crippen LogP contribution in [0, 0.1) is 5.92 Å². The minimum atomic E-state index is 0.